The molecule has 0 saturated carbocycles. The van der Waals surface area contributed by atoms with E-state index >= 15 is 0 Å². The number of rotatable bonds is 3. The van der Waals surface area contributed by atoms with Crippen LogP contribution < -0.4 is 5.73 Å². The number of hydrogen-bond donors (Lipinski definition) is 0. The molecule has 1 amide bonds. The van der Waals surface area contributed by atoms with E-state index in [2.05, 4.69) is 0 Å². The summed E-state index contributed by atoms with van der Waals surface area (Å²) < 4.78 is 0. The highest BCUT2D eigenvalue weighted by Crippen LogP contribution is 1.85. The van der Waals surface area contributed by atoms with Crippen molar-refractivity contribution in [3.63, 3.8) is 0 Å². The third-order valence-electron chi connectivity index (χ3n) is 1.27. The van der Waals surface area contributed by atoms with Crippen LogP contribution in [0.1, 0.15) is 13.8 Å². The molecule has 0 unspecified atom stereocenters. The Kier molecular flexibility index (Phi) is 4.05. The summed E-state index contributed by atoms with van der Waals surface area (Å²) in [4.78, 5) is 12.4. The topological polar surface area (TPSA) is 44.1 Å². The second-order valence-electron chi connectivity index (χ2n) is 1.74. The number of nitrogens with zero attached hydrogens (tertiary/aromatic N) is 1. The fourth-order valence-corrected chi connectivity index (χ4v) is 0.688. The molecule has 0 aliphatic rings. The Morgan fingerprint density at radius 2 is 1.89 bits per heavy atom. The molecule has 0 saturated heterocycles. The molecule has 0 aromatic heterocycles. The first-order valence-electron chi connectivity index (χ1n) is 3.18. The van der Waals surface area contributed by atoms with E-state index in [1.165, 1.54) is 0 Å². The molecule has 0 aromatic rings. The van der Waals surface area contributed by atoms with Crippen LogP contribution in [0.3, 0.4) is 0 Å². The number of carbonyl (C=O) groups excluding carboxylic acids is 1. The van der Waals surface area contributed by atoms with Gasteiger partial charge >= 0.3 is 0 Å². The van der Waals surface area contributed by atoms with Crippen molar-refractivity contribution in [2.75, 3.05) is 19.6 Å². The molecule has 1 N–H and O–H groups in total. The fourth-order valence-electron chi connectivity index (χ4n) is 0.688. The lowest BCUT2D eigenvalue weighted by molar-refractivity contribution is -0.129. The van der Waals surface area contributed by atoms with Gasteiger partial charge in [-0.2, -0.15) is 0 Å². The summed E-state index contributed by atoms with van der Waals surface area (Å²) in [5, 5.41) is 0. The summed E-state index contributed by atoms with van der Waals surface area (Å²) in [5.74, 6) is -0.0833. The van der Waals surface area contributed by atoms with Gasteiger partial charge in [-0.3, -0.25) is 4.79 Å². The van der Waals surface area contributed by atoms with Crippen molar-refractivity contribution in [3.8, 4) is 0 Å². The van der Waals surface area contributed by atoms with Crippen molar-refractivity contribution in [2.24, 2.45) is 0 Å². The fraction of sp³-hybridized carbons (Fsp3) is 0.833. The lowest BCUT2D eigenvalue weighted by Crippen LogP contribution is -2.33. The minimum atomic E-state index is -0.123. The van der Waals surface area contributed by atoms with Gasteiger partial charge in [-0.1, -0.05) is 0 Å². The number of carbonyl (C=O) groups is 1. The summed E-state index contributed by atoms with van der Waals surface area (Å²) in [6.07, 6.45) is 0. The zero-order chi connectivity index (χ0) is 7.28. The van der Waals surface area contributed by atoms with Crippen LogP contribution in [0.5, 0.6) is 0 Å². The predicted molar refractivity (Wildman–Crippen MR) is 35.9 cm³/mol. The van der Waals surface area contributed by atoms with Crippen molar-refractivity contribution in [3.05, 3.63) is 0 Å². The van der Waals surface area contributed by atoms with Crippen molar-refractivity contribution >= 4 is 5.91 Å². The van der Waals surface area contributed by atoms with Gasteiger partial charge in [0.2, 0.25) is 5.91 Å². The Hall–Kier alpha value is -0.570. The Morgan fingerprint density at radius 1 is 1.44 bits per heavy atom. The number of amides is 1. The van der Waals surface area contributed by atoms with E-state index in [4.69, 9.17) is 5.73 Å². The molecule has 0 atom stereocenters. The van der Waals surface area contributed by atoms with Gasteiger partial charge in [0.25, 0.3) is 0 Å². The average Bonchev–Trinajstić information content (AvgIpc) is 1.90. The third kappa shape index (κ3) is 2.46. The van der Waals surface area contributed by atoms with Crippen LogP contribution in [0.25, 0.3) is 0 Å². The molecule has 0 spiro atoms. The molecule has 9 heavy (non-hydrogen) atoms. The standard InChI is InChI=1S/C6H13N2O/c1-3-8(4-2)6(9)5-7/h7H,3-5H2,1-2H3. The molecule has 0 aromatic carbocycles. The van der Waals surface area contributed by atoms with Crippen LogP contribution in [0, 0.1) is 0 Å². The molecular weight excluding hydrogens is 116 g/mol. The minimum Gasteiger partial charge on any atom is -0.342 e. The van der Waals surface area contributed by atoms with Crippen molar-refractivity contribution in [1.29, 1.82) is 0 Å². The van der Waals surface area contributed by atoms with Gasteiger partial charge in [0.1, 0.15) is 0 Å². The molecule has 0 aliphatic heterocycles. The van der Waals surface area contributed by atoms with E-state index in [-0.39, 0.29) is 12.5 Å². The number of hydrogen-bond acceptors (Lipinski definition) is 1. The summed E-state index contributed by atoms with van der Waals surface area (Å²) in [5.41, 5.74) is 6.75. The van der Waals surface area contributed by atoms with E-state index in [1.807, 2.05) is 13.8 Å². The molecule has 3 heteroatoms. The molecule has 3 nitrogen and oxygen atoms in total. The summed E-state index contributed by atoms with van der Waals surface area (Å²) in [6.45, 7) is 5.14. The molecule has 0 bridgehead atoms. The van der Waals surface area contributed by atoms with Crippen molar-refractivity contribution in [1.82, 2.24) is 10.6 Å². The van der Waals surface area contributed by atoms with Crippen LogP contribution >= 0.6 is 0 Å². The quantitative estimate of drug-likeness (QED) is 0.534. The van der Waals surface area contributed by atoms with E-state index in [1.54, 1.807) is 4.90 Å². The van der Waals surface area contributed by atoms with Gasteiger partial charge in [0, 0.05) is 13.1 Å². The number of likely N-dealkylation sites (N-methyl/N-ethyl adjacent to an activating group) is 1. The van der Waals surface area contributed by atoms with E-state index < -0.39 is 0 Å². The SMILES string of the molecule is CCN(CC)C(=O)C[NH]. The zero-order valence-corrected chi connectivity index (χ0v) is 5.98. The highest BCUT2D eigenvalue weighted by atomic mass is 16.2. The predicted octanol–water partition coefficient (Wildman–Crippen LogP) is 0.138. The smallest absolute Gasteiger partial charge is 0.237 e. The highest BCUT2D eigenvalue weighted by Gasteiger charge is 2.04. The molecule has 0 fully saturated rings. The van der Waals surface area contributed by atoms with E-state index in [0.717, 1.165) is 0 Å². The van der Waals surface area contributed by atoms with Crippen LogP contribution in [0.2, 0.25) is 0 Å². The molecule has 1 radical (unpaired) electrons. The first-order valence-corrected chi connectivity index (χ1v) is 3.18. The Morgan fingerprint density at radius 3 is 2.00 bits per heavy atom. The summed E-state index contributed by atoms with van der Waals surface area (Å²) >= 11 is 0. The Balaban J connectivity index is 3.64. The summed E-state index contributed by atoms with van der Waals surface area (Å²) in [7, 11) is 0. The molecular formula is C6H13N2O. The minimum absolute atomic E-state index is 0.0833. The highest BCUT2D eigenvalue weighted by molar-refractivity contribution is 5.77. The van der Waals surface area contributed by atoms with Gasteiger partial charge in [0.05, 0.1) is 6.54 Å². The molecule has 53 valence electrons. The first-order chi connectivity index (χ1) is 4.26. The van der Waals surface area contributed by atoms with Crippen LogP contribution in [0.4, 0.5) is 0 Å². The van der Waals surface area contributed by atoms with Gasteiger partial charge in [-0.15, -0.1) is 0 Å². The molecule has 0 rings (SSSR count). The number of nitrogens with one attached hydrogen (secondary N) is 1. The van der Waals surface area contributed by atoms with Crippen LogP contribution in [0.15, 0.2) is 0 Å². The summed E-state index contributed by atoms with van der Waals surface area (Å²) in [6, 6.07) is 0. The lowest BCUT2D eigenvalue weighted by atomic mass is 10.4. The van der Waals surface area contributed by atoms with Crippen molar-refractivity contribution < 1.29 is 4.79 Å². The van der Waals surface area contributed by atoms with Gasteiger partial charge in [-0.05, 0) is 13.8 Å². The van der Waals surface area contributed by atoms with E-state index in [9.17, 15) is 4.79 Å². The monoisotopic (exact) mass is 129 g/mol. The van der Waals surface area contributed by atoms with E-state index in [0.29, 0.717) is 13.1 Å². The van der Waals surface area contributed by atoms with Gasteiger partial charge < -0.3 is 4.90 Å². The van der Waals surface area contributed by atoms with Crippen LogP contribution in [-0.4, -0.2) is 30.4 Å². The third-order valence-corrected chi connectivity index (χ3v) is 1.27. The largest absolute Gasteiger partial charge is 0.342 e. The first kappa shape index (κ1) is 8.43. The van der Waals surface area contributed by atoms with Crippen LogP contribution in [-0.2, 0) is 4.79 Å². The van der Waals surface area contributed by atoms with Gasteiger partial charge in [-0.25, -0.2) is 5.73 Å². The Labute approximate surface area is 55.8 Å². The normalized spacial score (nSPS) is 9.22. The maximum Gasteiger partial charge on any atom is 0.237 e. The zero-order valence-electron chi connectivity index (χ0n) is 5.98. The Bertz CT molecular complexity index is 89.1. The van der Waals surface area contributed by atoms with Crippen molar-refractivity contribution in [2.45, 2.75) is 13.8 Å². The second kappa shape index (κ2) is 4.32. The lowest BCUT2D eigenvalue weighted by Gasteiger charge is -2.16. The van der Waals surface area contributed by atoms with Gasteiger partial charge in [0.15, 0.2) is 0 Å². The molecule has 0 aliphatic carbocycles. The maximum atomic E-state index is 10.7. The molecule has 0 heterocycles. The maximum absolute atomic E-state index is 10.7. The second-order valence-corrected chi connectivity index (χ2v) is 1.74. The average molecular weight is 129 g/mol.